The summed E-state index contributed by atoms with van der Waals surface area (Å²) in [6.45, 7) is 1.88. The maximum absolute atomic E-state index is 13.1. The van der Waals surface area contributed by atoms with E-state index in [-0.39, 0.29) is 17.9 Å². The van der Waals surface area contributed by atoms with Crippen LogP contribution in [0.25, 0.3) is 11.2 Å². The van der Waals surface area contributed by atoms with Gasteiger partial charge in [-0.15, -0.1) is 0 Å². The number of hydrogen-bond donors (Lipinski definition) is 0. The maximum Gasteiger partial charge on any atom is 0.332 e. The van der Waals surface area contributed by atoms with E-state index in [9.17, 15) is 14.0 Å². The molecule has 0 atom stereocenters. The van der Waals surface area contributed by atoms with Crippen molar-refractivity contribution in [3.8, 4) is 0 Å². The first-order chi connectivity index (χ1) is 13.0. The molecule has 3 heterocycles. The third-order valence-corrected chi connectivity index (χ3v) is 5.23. The Labute approximate surface area is 155 Å². The van der Waals surface area contributed by atoms with Gasteiger partial charge in [0.05, 0.1) is 6.54 Å². The van der Waals surface area contributed by atoms with E-state index in [0.29, 0.717) is 16.7 Å². The monoisotopic (exact) mass is 371 g/mol. The van der Waals surface area contributed by atoms with Crippen LogP contribution in [-0.2, 0) is 20.6 Å². The van der Waals surface area contributed by atoms with Gasteiger partial charge in [0, 0.05) is 27.2 Å². The lowest BCUT2D eigenvalue weighted by atomic mass is 10.1. The van der Waals surface area contributed by atoms with E-state index in [1.807, 2.05) is 7.05 Å². The van der Waals surface area contributed by atoms with Gasteiger partial charge in [-0.05, 0) is 37.0 Å². The van der Waals surface area contributed by atoms with Crippen LogP contribution in [0, 0.1) is 5.82 Å². The first-order valence-corrected chi connectivity index (χ1v) is 9.13. The van der Waals surface area contributed by atoms with Crippen molar-refractivity contribution in [2.45, 2.75) is 25.8 Å². The summed E-state index contributed by atoms with van der Waals surface area (Å²) in [6, 6.07) is 5.80. The molecule has 2 aromatic heterocycles. The Bertz CT molecular complexity index is 1100. The Kier molecular flexibility index (Phi) is 4.33. The van der Waals surface area contributed by atoms with Gasteiger partial charge in [0.25, 0.3) is 5.56 Å². The van der Waals surface area contributed by atoms with Crippen LogP contribution in [0.5, 0.6) is 0 Å². The minimum atomic E-state index is -0.430. The first kappa shape index (κ1) is 17.5. The van der Waals surface area contributed by atoms with Gasteiger partial charge in [-0.2, -0.15) is 4.98 Å². The van der Waals surface area contributed by atoms with Crippen molar-refractivity contribution in [1.29, 1.82) is 0 Å². The van der Waals surface area contributed by atoms with Crippen molar-refractivity contribution in [3.63, 3.8) is 0 Å². The number of fused-ring (bicyclic) bond motifs is 1. The summed E-state index contributed by atoms with van der Waals surface area (Å²) in [7, 11) is 3.44. The third kappa shape index (κ3) is 2.94. The summed E-state index contributed by atoms with van der Waals surface area (Å²) in [5.74, 6) is 0.364. The summed E-state index contributed by atoms with van der Waals surface area (Å²) in [4.78, 5) is 32.6. The van der Waals surface area contributed by atoms with Crippen LogP contribution >= 0.6 is 0 Å². The van der Waals surface area contributed by atoms with E-state index < -0.39 is 5.69 Å². The number of rotatable bonds is 3. The molecule has 0 bridgehead atoms. The van der Waals surface area contributed by atoms with Crippen LogP contribution in [0.2, 0.25) is 0 Å². The second-order valence-electron chi connectivity index (χ2n) is 7.05. The number of anilines is 1. The standard InChI is InChI=1S/C19H22FN5O2/c1-22-15-16(21-18(22)24-10-4-3-5-11-24)23(2)19(27)25(17(15)26)12-13-6-8-14(20)9-7-13/h6-9H,3-5,10-12H2,1-2H3. The highest BCUT2D eigenvalue weighted by molar-refractivity contribution is 5.74. The van der Waals surface area contributed by atoms with E-state index in [2.05, 4.69) is 9.88 Å². The maximum atomic E-state index is 13.1. The molecule has 8 heteroatoms. The quantitative estimate of drug-likeness (QED) is 0.702. The highest BCUT2D eigenvalue weighted by Gasteiger charge is 2.22. The number of benzene rings is 1. The van der Waals surface area contributed by atoms with Crippen molar-refractivity contribution in [2.75, 3.05) is 18.0 Å². The van der Waals surface area contributed by atoms with E-state index in [4.69, 9.17) is 0 Å². The largest absolute Gasteiger partial charge is 0.342 e. The third-order valence-electron chi connectivity index (χ3n) is 5.23. The highest BCUT2D eigenvalue weighted by atomic mass is 19.1. The molecule has 1 aliphatic rings. The Balaban J connectivity index is 1.86. The lowest BCUT2D eigenvalue weighted by molar-refractivity contribution is 0.563. The number of aromatic nitrogens is 4. The molecule has 0 spiro atoms. The van der Waals surface area contributed by atoms with Gasteiger partial charge in [0.15, 0.2) is 11.2 Å². The van der Waals surface area contributed by atoms with Gasteiger partial charge >= 0.3 is 5.69 Å². The summed E-state index contributed by atoms with van der Waals surface area (Å²) >= 11 is 0. The van der Waals surface area contributed by atoms with Gasteiger partial charge in [0.1, 0.15) is 5.82 Å². The molecule has 3 aromatic rings. The van der Waals surface area contributed by atoms with Crippen molar-refractivity contribution in [3.05, 3.63) is 56.5 Å². The second kappa shape index (κ2) is 6.68. The molecule has 0 saturated carbocycles. The van der Waals surface area contributed by atoms with Crippen LogP contribution in [0.4, 0.5) is 10.3 Å². The Hall–Kier alpha value is -2.90. The molecule has 1 aromatic carbocycles. The van der Waals surface area contributed by atoms with Gasteiger partial charge in [-0.1, -0.05) is 12.1 Å². The Morgan fingerprint density at radius 1 is 1.00 bits per heavy atom. The SMILES string of the molecule is Cn1c(N2CCCCC2)nc2c1c(=O)n(Cc1ccc(F)cc1)c(=O)n2C. The first-order valence-electron chi connectivity index (χ1n) is 9.13. The lowest BCUT2D eigenvalue weighted by Gasteiger charge is -2.27. The Morgan fingerprint density at radius 2 is 1.67 bits per heavy atom. The van der Waals surface area contributed by atoms with Crippen LogP contribution in [0.3, 0.4) is 0 Å². The predicted molar refractivity (Wildman–Crippen MR) is 102 cm³/mol. The molecule has 0 aliphatic carbocycles. The van der Waals surface area contributed by atoms with Crippen molar-refractivity contribution >= 4 is 17.1 Å². The Morgan fingerprint density at radius 3 is 2.33 bits per heavy atom. The van der Waals surface area contributed by atoms with Crippen molar-refractivity contribution in [2.24, 2.45) is 14.1 Å². The smallest absolute Gasteiger partial charge is 0.332 e. The van der Waals surface area contributed by atoms with Crippen LogP contribution in [-0.4, -0.2) is 31.8 Å². The fourth-order valence-electron chi connectivity index (χ4n) is 3.72. The molecule has 0 amide bonds. The molecule has 1 aliphatic heterocycles. The lowest BCUT2D eigenvalue weighted by Crippen LogP contribution is -2.39. The summed E-state index contributed by atoms with van der Waals surface area (Å²) in [6.07, 6.45) is 3.39. The normalized spacial score (nSPS) is 14.9. The zero-order chi connectivity index (χ0) is 19.1. The van der Waals surface area contributed by atoms with Gasteiger partial charge in [-0.3, -0.25) is 13.9 Å². The zero-order valence-electron chi connectivity index (χ0n) is 15.5. The highest BCUT2D eigenvalue weighted by Crippen LogP contribution is 2.21. The molecule has 0 unspecified atom stereocenters. The van der Waals surface area contributed by atoms with E-state index >= 15 is 0 Å². The number of imidazole rings is 1. The second-order valence-corrected chi connectivity index (χ2v) is 7.05. The number of piperidine rings is 1. The number of nitrogens with zero attached hydrogens (tertiary/aromatic N) is 5. The zero-order valence-corrected chi connectivity index (χ0v) is 15.5. The number of halogens is 1. The summed E-state index contributed by atoms with van der Waals surface area (Å²) in [5.41, 5.74) is 0.674. The fourth-order valence-corrected chi connectivity index (χ4v) is 3.72. The molecule has 1 saturated heterocycles. The van der Waals surface area contributed by atoms with Crippen molar-refractivity contribution in [1.82, 2.24) is 18.7 Å². The van der Waals surface area contributed by atoms with E-state index in [1.165, 1.54) is 27.7 Å². The van der Waals surface area contributed by atoms with Crippen LogP contribution < -0.4 is 16.1 Å². The molecule has 142 valence electrons. The molecule has 7 nitrogen and oxygen atoms in total. The molecule has 0 N–H and O–H groups in total. The molecular weight excluding hydrogens is 349 g/mol. The van der Waals surface area contributed by atoms with E-state index in [1.54, 1.807) is 23.7 Å². The fraction of sp³-hybridized carbons (Fsp3) is 0.421. The van der Waals surface area contributed by atoms with Gasteiger partial charge in [0.2, 0.25) is 5.95 Å². The van der Waals surface area contributed by atoms with Gasteiger partial charge < -0.3 is 9.47 Å². The molecule has 1 fully saturated rings. The number of aryl methyl sites for hydroxylation is 2. The minimum absolute atomic E-state index is 0.0892. The molecule has 4 rings (SSSR count). The van der Waals surface area contributed by atoms with Crippen LogP contribution in [0.15, 0.2) is 33.9 Å². The summed E-state index contributed by atoms with van der Waals surface area (Å²) < 4.78 is 17.5. The van der Waals surface area contributed by atoms with Crippen molar-refractivity contribution < 1.29 is 4.39 Å². The van der Waals surface area contributed by atoms with E-state index in [0.717, 1.165) is 31.9 Å². The van der Waals surface area contributed by atoms with Gasteiger partial charge in [-0.25, -0.2) is 9.18 Å². The molecular formula is C19H22FN5O2. The number of hydrogen-bond acceptors (Lipinski definition) is 4. The minimum Gasteiger partial charge on any atom is -0.342 e. The summed E-state index contributed by atoms with van der Waals surface area (Å²) in [5, 5.41) is 0. The average Bonchev–Trinajstić information content (AvgIpc) is 3.03. The molecule has 0 radical (unpaired) electrons. The van der Waals surface area contributed by atoms with Crippen LogP contribution in [0.1, 0.15) is 24.8 Å². The molecule has 27 heavy (non-hydrogen) atoms. The topological polar surface area (TPSA) is 65.1 Å². The predicted octanol–water partition coefficient (Wildman–Crippen LogP) is 1.61. The average molecular weight is 371 g/mol.